The lowest BCUT2D eigenvalue weighted by Crippen LogP contribution is -2.53. The van der Waals surface area contributed by atoms with E-state index in [4.69, 9.17) is 5.11 Å². The summed E-state index contributed by atoms with van der Waals surface area (Å²) in [5.41, 5.74) is 1.36. The van der Waals surface area contributed by atoms with Crippen molar-refractivity contribution in [2.45, 2.75) is 45.3 Å². The molecule has 5 heteroatoms. The van der Waals surface area contributed by atoms with Gasteiger partial charge in [-0.05, 0) is 31.9 Å². The van der Waals surface area contributed by atoms with Crippen molar-refractivity contribution in [1.82, 2.24) is 10.2 Å². The molecule has 1 saturated carbocycles. The maximum absolute atomic E-state index is 13.9. The van der Waals surface area contributed by atoms with Crippen molar-refractivity contribution in [2.75, 3.05) is 13.1 Å². The predicted molar refractivity (Wildman–Crippen MR) is 79.7 cm³/mol. The van der Waals surface area contributed by atoms with Crippen LogP contribution >= 0.6 is 0 Å². The smallest absolute Gasteiger partial charge is 0.317 e. The number of hydrogen-bond donors (Lipinski definition) is 2. The maximum Gasteiger partial charge on any atom is 0.317 e. The molecule has 2 rings (SSSR count). The van der Waals surface area contributed by atoms with E-state index >= 15 is 0 Å². The molecule has 1 aliphatic carbocycles. The van der Waals surface area contributed by atoms with E-state index in [2.05, 4.69) is 5.32 Å². The van der Waals surface area contributed by atoms with Gasteiger partial charge in [0.15, 0.2) is 0 Å². The largest absolute Gasteiger partial charge is 0.480 e. The van der Waals surface area contributed by atoms with E-state index < -0.39 is 5.97 Å². The fourth-order valence-electron chi connectivity index (χ4n) is 2.82. The number of rotatable bonds is 7. The summed E-state index contributed by atoms with van der Waals surface area (Å²) >= 11 is 0. The SMILES string of the molecule is CCN(CC(=O)O)C1CC(NCc2cccc(C)c2F)C1. The Balaban J connectivity index is 1.78. The van der Waals surface area contributed by atoms with Crippen LogP contribution in [0.15, 0.2) is 18.2 Å². The first-order valence-electron chi connectivity index (χ1n) is 7.44. The Bertz CT molecular complexity index is 501. The highest BCUT2D eigenvalue weighted by molar-refractivity contribution is 5.69. The van der Waals surface area contributed by atoms with E-state index in [1.165, 1.54) is 0 Å². The van der Waals surface area contributed by atoms with E-state index in [-0.39, 0.29) is 12.4 Å². The first-order chi connectivity index (χ1) is 10.0. The first-order valence-corrected chi connectivity index (χ1v) is 7.44. The zero-order valence-corrected chi connectivity index (χ0v) is 12.6. The number of aliphatic carboxylic acids is 1. The molecule has 1 aliphatic rings. The van der Waals surface area contributed by atoms with Crippen LogP contribution in [0.25, 0.3) is 0 Å². The average Bonchev–Trinajstić information content (AvgIpc) is 2.39. The molecule has 0 radical (unpaired) electrons. The van der Waals surface area contributed by atoms with E-state index in [1.807, 2.05) is 17.9 Å². The molecule has 0 saturated heterocycles. The summed E-state index contributed by atoms with van der Waals surface area (Å²) in [6, 6.07) is 6.10. The van der Waals surface area contributed by atoms with Gasteiger partial charge in [-0.2, -0.15) is 0 Å². The Hall–Kier alpha value is -1.46. The van der Waals surface area contributed by atoms with Gasteiger partial charge in [0.2, 0.25) is 0 Å². The van der Waals surface area contributed by atoms with Gasteiger partial charge < -0.3 is 10.4 Å². The van der Waals surface area contributed by atoms with E-state index in [1.54, 1.807) is 19.1 Å². The summed E-state index contributed by atoms with van der Waals surface area (Å²) in [5.74, 6) is -0.919. The minimum Gasteiger partial charge on any atom is -0.480 e. The van der Waals surface area contributed by atoms with Crippen LogP contribution in [0, 0.1) is 12.7 Å². The molecule has 0 bridgehead atoms. The number of nitrogens with zero attached hydrogens (tertiary/aromatic N) is 1. The first kappa shape index (κ1) is 15.9. The predicted octanol–water partition coefficient (Wildman–Crippen LogP) is 2.16. The number of carboxylic acids is 1. The van der Waals surface area contributed by atoms with E-state index in [0.29, 0.717) is 29.8 Å². The molecule has 0 atom stereocenters. The van der Waals surface area contributed by atoms with Crippen molar-refractivity contribution >= 4 is 5.97 Å². The molecular weight excluding hydrogens is 271 g/mol. The van der Waals surface area contributed by atoms with Crippen molar-refractivity contribution in [3.63, 3.8) is 0 Å². The highest BCUT2D eigenvalue weighted by atomic mass is 19.1. The molecule has 4 nitrogen and oxygen atoms in total. The van der Waals surface area contributed by atoms with Gasteiger partial charge in [-0.1, -0.05) is 25.1 Å². The summed E-state index contributed by atoms with van der Waals surface area (Å²) < 4.78 is 13.9. The topological polar surface area (TPSA) is 52.6 Å². The van der Waals surface area contributed by atoms with Crippen molar-refractivity contribution in [3.8, 4) is 0 Å². The number of carbonyl (C=O) groups is 1. The normalized spacial score (nSPS) is 21.3. The molecule has 0 spiro atoms. The molecular formula is C16H23FN2O2. The third kappa shape index (κ3) is 4.02. The second-order valence-corrected chi connectivity index (χ2v) is 5.71. The highest BCUT2D eigenvalue weighted by Gasteiger charge is 2.33. The third-order valence-electron chi connectivity index (χ3n) is 4.23. The molecule has 0 amide bonds. The van der Waals surface area contributed by atoms with Gasteiger partial charge in [0.1, 0.15) is 5.82 Å². The Morgan fingerprint density at radius 2 is 2.19 bits per heavy atom. The molecule has 0 heterocycles. The molecule has 116 valence electrons. The fourth-order valence-corrected chi connectivity index (χ4v) is 2.82. The molecule has 0 aliphatic heterocycles. The number of carboxylic acid groups (broad SMARTS) is 1. The second-order valence-electron chi connectivity index (χ2n) is 5.71. The van der Waals surface area contributed by atoms with Gasteiger partial charge in [-0.3, -0.25) is 9.69 Å². The molecule has 1 aromatic carbocycles. The number of aryl methyl sites for hydroxylation is 1. The monoisotopic (exact) mass is 294 g/mol. The molecule has 0 unspecified atom stereocenters. The number of likely N-dealkylation sites (N-methyl/N-ethyl adjacent to an activating group) is 1. The quantitative estimate of drug-likeness (QED) is 0.809. The standard InChI is InChI=1S/C16H23FN2O2/c1-3-19(10-15(20)21)14-7-13(8-14)18-9-12-6-4-5-11(2)16(12)17/h4-6,13-14,18H,3,7-10H2,1-2H3,(H,20,21). The van der Waals surface area contributed by atoms with Gasteiger partial charge in [0, 0.05) is 24.2 Å². The van der Waals surface area contributed by atoms with Crippen LogP contribution < -0.4 is 5.32 Å². The number of nitrogens with one attached hydrogen (secondary N) is 1. The Kier molecular flexibility index (Phi) is 5.31. The molecule has 2 N–H and O–H groups in total. The molecule has 0 aromatic heterocycles. The van der Waals surface area contributed by atoms with Gasteiger partial charge in [0.05, 0.1) is 6.54 Å². The number of benzene rings is 1. The summed E-state index contributed by atoms with van der Waals surface area (Å²) in [5, 5.41) is 12.2. The maximum atomic E-state index is 13.9. The van der Waals surface area contributed by atoms with Crippen molar-refractivity contribution < 1.29 is 14.3 Å². The van der Waals surface area contributed by atoms with Crippen molar-refractivity contribution in [3.05, 3.63) is 35.1 Å². The molecule has 21 heavy (non-hydrogen) atoms. The van der Waals surface area contributed by atoms with Crippen LogP contribution in [0.4, 0.5) is 4.39 Å². The minimum atomic E-state index is -0.782. The average molecular weight is 294 g/mol. The number of halogens is 1. The van der Waals surface area contributed by atoms with Crippen LogP contribution in [0.5, 0.6) is 0 Å². The fraction of sp³-hybridized carbons (Fsp3) is 0.562. The van der Waals surface area contributed by atoms with Gasteiger partial charge in [-0.15, -0.1) is 0 Å². The second kappa shape index (κ2) is 7.00. The van der Waals surface area contributed by atoms with Gasteiger partial charge in [0.25, 0.3) is 0 Å². The Morgan fingerprint density at radius 3 is 2.81 bits per heavy atom. The number of hydrogen-bond acceptors (Lipinski definition) is 3. The molecule has 1 fully saturated rings. The van der Waals surface area contributed by atoms with Crippen LogP contribution in [0.2, 0.25) is 0 Å². The van der Waals surface area contributed by atoms with Crippen LogP contribution in [-0.2, 0) is 11.3 Å². The third-order valence-corrected chi connectivity index (χ3v) is 4.23. The molecule has 1 aromatic rings. The van der Waals surface area contributed by atoms with Crippen LogP contribution in [0.1, 0.15) is 30.9 Å². The summed E-state index contributed by atoms with van der Waals surface area (Å²) in [6.07, 6.45) is 1.85. The lowest BCUT2D eigenvalue weighted by atomic mass is 9.85. The minimum absolute atomic E-state index is 0.0976. The van der Waals surface area contributed by atoms with Gasteiger partial charge in [-0.25, -0.2) is 4.39 Å². The highest BCUT2D eigenvalue weighted by Crippen LogP contribution is 2.26. The summed E-state index contributed by atoms with van der Waals surface area (Å²) in [7, 11) is 0. The van der Waals surface area contributed by atoms with Crippen LogP contribution in [-0.4, -0.2) is 41.1 Å². The van der Waals surface area contributed by atoms with Crippen LogP contribution in [0.3, 0.4) is 0 Å². The zero-order chi connectivity index (χ0) is 15.4. The van der Waals surface area contributed by atoms with Gasteiger partial charge >= 0.3 is 5.97 Å². The Morgan fingerprint density at radius 1 is 1.48 bits per heavy atom. The van der Waals surface area contributed by atoms with E-state index in [0.717, 1.165) is 19.4 Å². The zero-order valence-electron chi connectivity index (χ0n) is 12.6. The lowest BCUT2D eigenvalue weighted by molar-refractivity contribution is -0.139. The van der Waals surface area contributed by atoms with Crippen molar-refractivity contribution in [2.24, 2.45) is 0 Å². The summed E-state index contributed by atoms with van der Waals surface area (Å²) in [4.78, 5) is 12.8. The van der Waals surface area contributed by atoms with E-state index in [9.17, 15) is 9.18 Å². The lowest BCUT2D eigenvalue weighted by Gasteiger charge is -2.42. The summed E-state index contributed by atoms with van der Waals surface area (Å²) in [6.45, 7) is 5.11. The van der Waals surface area contributed by atoms with Crippen molar-refractivity contribution in [1.29, 1.82) is 0 Å². The Labute approximate surface area is 125 Å².